The molecule has 0 aliphatic carbocycles. The molecular weight excluding hydrogens is 289 g/mol. The summed E-state index contributed by atoms with van der Waals surface area (Å²) in [7, 11) is 0. The van der Waals surface area contributed by atoms with Gasteiger partial charge >= 0.3 is 0 Å². The summed E-state index contributed by atoms with van der Waals surface area (Å²) in [6.45, 7) is 0. The summed E-state index contributed by atoms with van der Waals surface area (Å²) in [6, 6.07) is 7.72. The number of hydrogen-bond donors (Lipinski definition) is 2. The molecule has 1 heterocycles. The molecule has 0 radical (unpaired) electrons. The molecule has 1 aromatic heterocycles. The van der Waals surface area contributed by atoms with Gasteiger partial charge in [-0.25, -0.2) is 15.2 Å². The van der Waals surface area contributed by atoms with Gasteiger partial charge in [-0.2, -0.15) is 0 Å². The number of benzene rings is 1. The smallest absolute Gasteiger partial charge is 0.143 e. The van der Waals surface area contributed by atoms with Crippen LogP contribution in [0.15, 0.2) is 41.0 Å². The Morgan fingerprint density at radius 3 is 2.71 bits per heavy atom. The van der Waals surface area contributed by atoms with Crippen molar-refractivity contribution < 1.29 is 9.13 Å². The van der Waals surface area contributed by atoms with E-state index >= 15 is 0 Å². The first-order valence-electron chi connectivity index (χ1n) is 4.74. The second kappa shape index (κ2) is 5.11. The zero-order chi connectivity index (χ0) is 12.3. The Kier molecular flexibility index (Phi) is 3.55. The fourth-order valence-corrected chi connectivity index (χ4v) is 1.59. The molecule has 3 N–H and O–H groups in total. The Morgan fingerprint density at radius 2 is 2.00 bits per heavy atom. The SMILES string of the molecule is NNc1cc(Oc2ccc(F)c(Br)c2)ccn1. The van der Waals surface area contributed by atoms with Crippen LogP contribution in [0.1, 0.15) is 0 Å². The van der Waals surface area contributed by atoms with Gasteiger partial charge < -0.3 is 10.2 Å². The monoisotopic (exact) mass is 297 g/mol. The van der Waals surface area contributed by atoms with Crippen molar-refractivity contribution in [2.24, 2.45) is 5.84 Å². The minimum Gasteiger partial charge on any atom is -0.457 e. The van der Waals surface area contributed by atoms with Gasteiger partial charge in [-0.05, 0) is 40.2 Å². The fraction of sp³-hybridized carbons (Fsp3) is 0. The molecule has 88 valence electrons. The van der Waals surface area contributed by atoms with E-state index in [-0.39, 0.29) is 5.82 Å². The molecular formula is C11H9BrFN3O. The first-order valence-corrected chi connectivity index (χ1v) is 5.54. The first-order chi connectivity index (χ1) is 8.19. The average molecular weight is 298 g/mol. The summed E-state index contributed by atoms with van der Waals surface area (Å²) in [4.78, 5) is 3.95. The van der Waals surface area contributed by atoms with E-state index in [4.69, 9.17) is 10.6 Å². The number of hydrazine groups is 1. The van der Waals surface area contributed by atoms with Crippen LogP contribution in [-0.2, 0) is 0 Å². The number of nitrogens with zero attached hydrogens (tertiary/aromatic N) is 1. The molecule has 1 aromatic carbocycles. The van der Waals surface area contributed by atoms with Crippen LogP contribution >= 0.6 is 15.9 Å². The minimum absolute atomic E-state index is 0.337. The Morgan fingerprint density at radius 1 is 1.24 bits per heavy atom. The van der Waals surface area contributed by atoms with Gasteiger partial charge in [0, 0.05) is 12.3 Å². The molecule has 0 fully saturated rings. The quantitative estimate of drug-likeness (QED) is 0.675. The van der Waals surface area contributed by atoms with Crippen molar-refractivity contribution in [1.29, 1.82) is 0 Å². The molecule has 0 aliphatic heterocycles. The molecule has 4 nitrogen and oxygen atoms in total. The summed E-state index contributed by atoms with van der Waals surface area (Å²) in [6.07, 6.45) is 1.56. The average Bonchev–Trinajstić information content (AvgIpc) is 2.34. The zero-order valence-corrected chi connectivity index (χ0v) is 10.2. The van der Waals surface area contributed by atoms with E-state index in [0.29, 0.717) is 21.8 Å². The van der Waals surface area contributed by atoms with Crippen molar-refractivity contribution in [3.05, 3.63) is 46.8 Å². The Balaban J connectivity index is 2.22. The van der Waals surface area contributed by atoms with Gasteiger partial charge in [0.05, 0.1) is 4.47 Å². The molecule has 2 rings (SSSR count). The van der Waals surface area contributed by atoms with Crippen molar-refractivity contribution in [3.63, 3.8) is 0 Å². The molecule has 0 unspecified atom stereocenters. The normalized spacial score (nSPS) is 10.1. The number of pyridine rings is 1. The van der Waals surface area contributed by atoms with E-state index in [2.05, 4.69) is 26.3 Å². The van der Waals surface area contributed by atoms with Crippen LogP contribution in [0.4, 0.5) is 10.2 Å². The van der Waals surface area contributed by atoms with E-state index < -0.39 is 0 Å². The Labute approximate surface area is 106 Å². The standard InChI is InChI=1S/C11H9BrFN3O/c12-9-5-7(1-2-10(9)13)17-8-3-4-15-11(6-8)16-14/h1-6H,14H2,(H,15,16). The van der Waals surface area contributed by atoms with Crippen molar-refractivity contribution in [3.8, 4) is 11.5 Å². The highest BCUT2D eigenvalue weighted by atomic mass is 79.9. The molecule has 0 saturated heterocycles. The molecule has 0 amide bonds. The molecule has 2 aromatic rings. The second-order valence-electron chi connectivity index (χ2n) is 3.20. The van der Waals surface area contributed by atoms with Crippen molar-refractivity contribution in [2.45, 2.75) is 0 Å². The van der Waals surface area contributed by atoms with E-state index in [0.717, 1.165) is 0 Å². The van der Waals surface area contributed by atoms with Gasteiger partial charge in [0.15, 0.2) is 0 Å². The number of nitrogens with two attached hydrogens (primary N) is 1. The molecule has 17 heavy (non-hydrogen) atoms. The largest absolute Gasteiger partial charge is 0.457 e. The number of rotatable bonds is 3. The predicted molar refractivity (Wildman–Crippen MR) is 66.2 cm³/mol. The summed E-state index contributed by atoms with van der Waals surface area (Å²) in [5, 5.41) is 0. The third kappa shape index (κ3) is 2.92. The predicted octanol–water partition coefficient (Wildman–Crippen LogP) is 3.06. The zero-order valence-electron chi connectivity index (χ0n) is 8.65. The number of hydrogen-bond acceptors (Lipinski definition) is 4. The molecule has 6 heteroatoms. The van der Waals surface area contributed by atoms with Gasteiger partial charge in [0.25, 0.3) is 0 Å². The highest BCUT2D eigenvalue weighted by Crippen LogP contribution is 2.26. The Bertz CT molecular complexity index is 536. The fourth-order valence-electron chi connectivity index (χ4n) is 1.23. The van der Waals surface area contributed by atoms with Crippen molar-refractivity contribution >= 4 is 21.7 Å². The van der Waals surface area contributed by atoms with Gasteiger partial charge in [0.2, 0.25) is 0 Å². The van der Waals surface area contributed by atoms with E-state index in [9.17, 15) is 4.39 Å². The van der Waals surface area contributed by atoms with Gasteiger partial charge in [-0.1, -0.05) is 0 Å². The lowest BCUT2D eigenvalue weighted by atomic mass is 10.3. The third-order valence-electron chi connectivity index (χ3n) is 2.01. The number of ether oxygens (including phenoxy) is 1. The molecule has 0 bridgehead atoms. The maximum atomic E-state index is 13.0. The summed E-state index contributed by atoms with van der Waals surface area (Å²) >= 11 is 3.09. The van der Waals surface area contributed by atoms with Crippen molar-refractivity contribution in [1.82, 2.24) is 4.98 Å². The van der Waals surface area contributed by atoms with Crippen LogP contribution in [0.3, 0.4) is 0 Å². The number of aromatic nitrogens is 1. The van der Waals surface area contributed by atoms with Crippen LogP contribution in [0.25, 0.3) is 0 Å². The summed E-state index contributed by atoms with van der Waals surface area (Å²) < 4.78 is 18.9. The second-order valence-corrected chi connectivity index (χ2v) is 4.05. The van der Waals surface area contributed by atoms with Crippen LogP contribution in [0, 0.1) is 5.82 Å². The van der Waals surface area contributed by atoms with Crippen molar-refractivity contribution in [2.75, 3.05) is 5.43 Å². The third-order valence-corrected chi connectivity index (χ3v) is 2.61. The lowest BCUT2D eigenvalue weighted by molar-refractivity contribution is 0.479. The van der Waals surface area contributed by atoms with Crippen LogP contribution in [0.2, 0.25) is 0 Å². The lowest BCUT2D eigenvalue weighted by Crippen LogP contribution is -2.08. The van der Waals surface area contributed by atoms with Gasteiger partial charge in [-0.3, -0.25) is 0 Å². The van der Waals surface area contributed by atoms with E-state index in [1.807, 2.05) is 0 Å². The Hall–Kier alpha value is -1.66. The highest BCUT2D eigenvalue weighted by Gasteiger charge is 2.03. The molecule has 0 spiro atoms. The number of nitrogen functional groups attached to an aromatic ring is 1. The summed E-state index contributed by atoms with van der Waals surface area (Å²) in [5.74, 6) is 6.47. The topological polar surface area (TPSA) is 60.2 Å². The number of anilines is 1. The van der Waals surface area contributed by atoms with Crippen LogP contribution < -0.4 is 16.0 Å². The molecule has 0 atom stereocenters. The maximum Gasteiger partial charge on any atom is 0.143 e. The summed E-state index contributed by atoms with van der Waals surface area (Å²) in [5.41, 5.74) is 2.41. The van der Waals surface area contributed by atoms with Gasteiger partial charge in [-0.15, -0.1) is 0 Å². The minimum atomic E-state index is -0.337. The van der Waals surface area contributed by atoms with Crippen LogP contribution in [0.5, 0.6) is 11.5 Å². The lowest BCUT2D eigenvalue weighted by Gasteiger charge is -2.07. The number of halogens is 2. The highest BCUT2D eigenvalue weighted by molar-refractivity contribution is 9.10. The van der Waals surface area contributed by atoms with E-state index in [1.165, 1.54) is 12.1 Å². The van der Waals surface area contributed by atoms with Crippen LogP contribution in [-0.4, -0.2) is 4.98 Å². The molecule has 0 aliphatic rings. The molecule has 0 saturated carbocycles. The maximum absolute atomic E-state index is 13.0. The first kappa shape index (κ1) is 11.8. The number of nitrogens with one attached hydrogen (secondary N) is 1. The van der Waals surface area contributed by atoms with E-state index in [1.54, 1.807) is 24.4 Å². The van der Waals surface area contributed by atoms with Gasteiger partial charge in [0.1, 0.15) is 23.1 Å².